The number of nitrogens with one attached hydrogen (secondary N) is 4. The normalized spacial score (nSPS) is 10.4. The first-order valence-corrected chi connectivity index (χ1v) is 13.1. The first kappa shape index (κ1) is 26.5. The lowest BCUT2D eigenvalue weighted by Gasteiger charge is -2.10. The third-order valence-corrected chi connectivity index (χ3v) is 6.05. The molecule has 4 N–H and O–H groups in total. The molecule has 4 rings (SSSR count). The Morgan fingerprint density at radius 2 is 0.842 bits per heavy atom. The van der Waals surface area contributed by atoms with Gasteiger partial charge in [-0.15, -0.1) is 0 Å². The minimum atomic E-state index is -0.0713. The molecule has 4 aromatic carbocycles. The molecule has 2 amide bonds. The summed E-state index contributed by atoms with van der Waals surface area (Å²) in [4.78, 5) is 25.1. The maximum Gasteiger partial charge on any atom is 0.251 e. The highest BCUT2D eigenvalue weighted by molar-refractivity contribution is 5.95. The van der Waals surface area contributed by atoms with E-state index in [0.717, 1.165) is 48.4 Å². The average molecular weight is 507 g/mol. The van der Waals surface area contributed by atoms with E-state index in [0.29, 0.717) is 24.2 Å². The highest BCUT2D eigenvalue weighted by atomic mass is 16.2. The van der Waals surface area contributed by atoms with Gasteiger partial charge in [0, 0.05) is 47.0 Å². The summed E-state index contributed by atoms with van der Waals surface area (Å²) in [6, 6.07) is 34.8. The predicted octanol–water partition coefficient (Wildman–Crippen LogP) is 6.89. The van der Waals surface area contributed by atoms with Crippen LogP contribution in [-0.2, 0) is 0 Å². The van der Waals surface area contributed by atoms with Crippen LogP contribution in [0.15, 0.2) is 109 Å². The lowest BCUT2D eigenvalue weighted by Crippen LogP contribution is -2.25. The number of unbranched alkanes of at least 4 members (excludes halogenated alkanes) is 3. The minimum absolute atomic E-state index is 0.0713. The van der Waals surface area contributed by atoms with Crippen LogP contribution >= 0.6 is 0 Å². The second-order valence-corrected chi connectivity index (χ2v) is 9.07. The zero-order chi connectivity index (χ0) is 26.4. The fourth-order valence-electron chi connectivity index (χ4n) is 4.06. The summed E-state index contributed by atoms with van der Waals surface area (Å²) < 4.78 is 0. The van der Waals surface area contributed by atoms with E-state index < -0.39 is 0 Å². The number of rotatable bonds is 13. The molecule has 0 aliphatic carbocycles. The van der Waals surface area contributed by atoms with Gasteiger partial charge in [-0.1, -0.05) is 61.4 Å². The molecule has 6 nitrogen and oxygen atoms in total. The molecule has 4 aromatic rings. The molecule has 0 unspecified atom stereocenters. The van der Waals surface area contributed by atoms with Crippen molar-refractivity contribution >= 4 is 34.6 Å². The van der Waals surface area contributed by atoms with Gasteiger partial charge in [-0.05, 0) is 73.5 Å². The quantitative estimate of drug-likeness (QED) is 0.149. The third kappa shape index (κ3) is 8.52. The summed E-state index contributed by atoms with van der Waals surface area (Å²) in [5.74, 6) is -0.143. The molecule has 0 fully saturated rings. The molecule has 0 aromatic heterocycles. The molecule has 0 spiro atoms. The van der Waals surface area contributed by atoms with Gasteiger partial charge in [-0.3, -0.25) is 9.59 Å². The van der Waals surface area contributed by atoms with E-state index in [1.54, 1.807) is 0 Å². The Morgan fingerprint density at radius 3 is 1.26 bits per heavy atom. The van der Waals surface area contributed by atoms with Crippen molar-refractivity contribution in [3.8, 4) is 0 Å². The molecule has 0 bridgehead atoms. The molecule has 0 saturated heterocycles. The van der Waals surface area contributed by atoms with Crippen molar-refractivity contribution in [2.45, 2.75) is 25.7 Å². The van der Waals surface area contributed by atoms with Gasteiger partial charge in [0.15, 0.2) is 0 Å². The van der Waals surface area contributed by atoms with Crippen LogP contribution in [0, 0.1) is 0 Å². The fourth-order valence-corrected chi connectivity index (χ4v) is 4.06. The molecule has 0 saturated carbocycles. The molecule has 0 aliphatic rings. The summed E-state index contributed by atoms with van der Waals surface area (Å²) in [6.45, 7) is 1.26. The van der Waals surface area contributed by atoms with Crippen LogP contribution in [0.2, 0.25) is 0 Å². The first-order valence-electron chi connectivity index (χ1n) is 13.1. The van der Waals surface area contributed by atoms with E-state index in [9.17, 15) is 9.59 Å². The largest absolute Gasteiger partial charge is 0.356 e. The van der Waals surface area contributed by atoms with Crippen LogP contribution in [0.5, 0.6) is 0 Å². The Morgan fingerprint density at radius 1 is 0.447 bits per heavy atom. The van der Waals surface area contributed by atoms with E-state index in [2.05, 4.69) is 21.3 Å². The fraction of sp³-hybridized carbons (Fsp3) is 0.188. The van der Waals surface area contributed by atoms with Crippen molar-refractivity contribution in [3.05, 3.63) is 120 Å². The number of carbonyl (C=O) groups is 2. The van der Waals surface area contributed by atoms with Crippen LogP contribution in [-0.4, -0.2) is 24.9 Å². The number of hydrogen-bond acceptors (Lipinski definition) is 4. The van der Waals surface area contributed by atoms with Crippen molar-refractivity contribution in [3.63, 3.8) is 0 Å². The van der Waals surface area contributed by atoms with Crippen molar-refractivity contribution in [1.29, 1.82) is 0 Å². The molecule has 0 heterocycles. The summed E-state index contributed by atoms with van der Waals surface area (Å²) in [5.41, 5.74) is 4.99. The van der Waals surface area contributed by atoms with E-state index in [1.807, 2.05) is 109 Å². The number of hydrogen-bond donors (Lipinski definition) is 4. The summed E-state index contributed by atoms with van der Waals surface area (Å²) in [7, 11) is 0. The van der Waals surface area contributed by atoms with Crippen LogP contribution in [0.1, 0.15) is 46.4 Å². The minimum Gasteiger partial charge on any atom is -0.356 e. The lowest BCUT2D eigenvalue weighted by molar-refractivity contribution is 0.0943. The lowest BCUT2D eigenvalue weighted by atomic mass is 10.1. The van der Waals surface area contributed by atoms with Crippen LogP contribution < -0.4 is 21.3 Å². The Kier molecular flexibility index (Phi) is 9.92. The van der Waals surface area contributed by atoms with E-state index in [1.165, 1.54) is 0 Å². The monoisotopic (exact) mass is 506 g/mol. The number of para-hydroxylation sites is 2. The molecule has 6 heteroatoms. The molecule has 0 radical (unpaired) electrons. The SMILES string of the molecule is O=C(NCCCCCCNC(=O)c1cccc(Nc2ccccc2)c1)c1cccc(Nc2ccccc2)c1. The van der Waals surface area contributed by atoms with Gasteiger partial charge < -0.3 is 21.3 Å². The van der Waals surface area contributed by atoms with Gasteiger partial charge in [0.2, 0.25) is 0 Å². The number of benzene rings is 4. The van der Waals surface area contributed by atoms with E-state index in [-0.39, 0.29) is 11.8 Å². The molecular formula is C32H34N4O2. The van der Waals surface area contributed by atoms with Crippen LogP contribution in [0.4, 0.5) is 22.7 Å². The summed E-state index contributed by atoms with van der Waals surface area (Å²) >= 11 is 0. The van der Waals surface area contributed by atoms with Crippen molar-refractivity contribution in [1.82, 2.24) is 10.6 Å². The maximum absolute atomic E-state index is 12.5. The van der Waals surface area contributed by atoms with Gasteiger partial charge in [0.05, 0.1) is 0 Å². The summed E-state index contributed by atoms with van der Waals surface area (Å²) in [6.07, 6.45) is 3.77. The summed E-state index contributed by atoms with van der Waals surface area (Å²) in [5, 5.41) is 12.6. The van der Waals surface area contributed by atoms with Gasteiger partial charge >= 0.3 is 0 Å². The zero-order valence-electron chi connectivity index (χ0n) is 21.5. The topological polar surface area (TPSA) is 82.3 Å². The Bertz CT molecular complexity index is 1210. The van der Waals surface area contributed by atoms with Crippen LogP contribution in [0.25, 0.3) is 0 Å². The first-order chi connectivity index (χ1) is 18.7. The van der Waals surface area contributed by atoms with Crippen LogP contribution in [0.3, 0.4) is 0 Å². The maximum atomic E-state index is 12.5. The average Bonchev–Trinajstić information content (AvgIpc) is 2.95. The van der Waals surface area contributed by atoms with Gasteiger partial charge in [-0.2, -0.15) is 0 Å². The van der Waals surface area contributed by atoms with Gasteiger partial charge in [0.1, 0.15) is 0 Å². The smallest absolute Gasteiger partial charge is 0.251 e. The second kappa shape index (κ2) is 14.2. The van der Waals surface area contributed by atoms with Gasteiger partial charge in [0.25, 0.3) is 11.8 Å². The highest BCUT2D eigenvalue weighted by Crippen LogP contribution is 2.18. The molecule has 38 heavy (non-hydrogen) atoms. The van der Waals surface area contributed by atoms with Gasteiger partial charge in [-0.25, -0.2) is 0 Å². The standard InChI is InChI=1S/C32H34N4O2/c37-31(25-13-11-19-29(23-25)35-27-15-5-3-6-16-27)33-21-9-1-2-10-22-34-32(38)26-14-12-20-30(24-26)36-28-17-7-4-8-18-28/h3-8,11-20,23-24,35-36H,1-2,9-10,21-22H2,(H,33,37)(H,34,38). The van der Waals surface area contributed by atoms with Crippen molar-refractivity contribution in [2.75, 3.05) is 23.7 Å². The number of carbonyl (C=O) groups excluding carboxylic acids is 2. The highest BCUT2D eigenvalue weighted by Gasteiger charge is 2.07. The molecular weight excluding hydrogens is 472 g/mol. The predicted molar refractivity (Wildman–Crippen MR) is 155 cm³/mol. The third-order valence-electron chi connectivity index (χ3n) is 6.05. The Labute approximate surface area is 224 Å². The number of amides is 2. The number of anilines is 4. The molecule has 194 valence electrons. The molecule has 0 atom stereocenters. The van der Waals surface area contributed by atoms with E-state index in [4.69, 9.17) is 0 Å². The van der Waals surface area contributed by atoms with E-state index >= 15 is 0 Å². The Balaban J connectivity index is 1.10. The zero-order valence-corrected chi connectivity index (χ0v) is 21.5. The van der Waals surface area contributed by atoms with Crippen molar-refractivity contribution in [2.24, 2.45) is 0 Å². The van der Waals surface area contributed by atoms with Crippen molar-refractivity contribution < 1.29 is 9.59 Å². The Hall–Kier alpha value is -4.58. The molecule has 0 aliphatic heterocycles. The second-order valence-electron chi connectivity index (χ2n) is 9.07.